The molecular weight excluding hydrogens is 743 g/mol. The summed E-state index contributed by atoms with van der Waals surface area (Å²) in [7, 11) is 0. The zero-order chi connectivity index (χ0) is 46.8. The second kappa shape index (κ2) is 16.4. The predicted octanol–water partition coefficient (Wildman–Crippen LogP) is 15.5. The minimum absolute atomic E-state index is 0.0552. The van der Waals surface area contributed by atoms with E-state index in [2.05, 4.69) is 122 Å². The molecule has 8 rings (SSSR count). The lowest BCUT2D eigenvalue weighted by Gasteiger charge is -2.39. The second-order valence-electron chi connectivity index (χ2n) is 20.2. The van der Waals surface area contributed by atoms with Gasteiger partial charge in [-0.2, -0.15) is 0 Å². The fourth-order valence-corrected chi connectivity index (χ4v) is 9.37. The number of pyridine rings is 1. The molecule has 0 saturated heterocycles. The normalized spacial score (nSPS) is 18.8. The van der Waals surface area contributed by atoms with Gasteiger partial charge < -0.3 is 5.11 Å². The minimum atomic E-state index is -2.46. The van der Waals surface area contributed by atoms with E-state index in [-0.39, 0.29) is 34.0 Å². The zero-order valence-electron chi connectivity index (χ0n) is 41.8. The van der Waals surface area contributed by atoms with E-state index in [0.717, 1.165) is 69.4 Å². The molecule has 3 unspecified atom stereocenters. The summed E-state index contributed by atoms with van der Waals surface area (Å²) < 4.78 is 37.9. The molecule has 3 atom stereocenters. The number of imidazole rings is 1. The molecule has 1 aliphatic carbocycles. The maximum absolute atomic E-state index is 11.4. The van der Waals surface area contributed by atoms with Crippen LogP contribution < -0.4 is 0 Å². The molecule has 4 heteroatoms. The van der Waals surface area contributed by atoms with Crippen molar-refractivity contribution in [2.24, 2.45) is 23.6 Å². The van der Waals surface area contributed by atoms with E-state index in [1.807, 2.05) is 61.0 Å². The van der Waals surface area contributed by atoms with Crippen LogP contribution in [-0.2, 0) is 10.8 Å². The summed E-state index contributed by atoms with van der Waals surface area (Å²) in [6.45, 7) is 19.4. The lowest BCUT2D eigenvalue weighted by Crippen LogP contribution is -2.27. The number of rotatable bonds is 8. The Morgan fingerprint density at radius 3 is 2.07 bits per heavy atom. The third-order valence-corrected chi connectivity index (χ3v) is 13.3. The first-order valence-electron chi connectivity index (χ1n) is 24.2. The molecule has 1 aliphatic rings. The average molecular weight is 812 g/mol. The highest BCUT2D eigenvalue weighted by molar-refractivity contribution is 5.97. The fourth-order valence-electron chi connectivity index (χ4n) is 9.37. The summed E-state index contributed by atoms with van der Waals surface area (Å²) >= 11 is 0. The number of hydrogen-bond acceptors (Lipinski definition) is 3. The number of phenols is 1. The Morgan fingerprint density at radius 1 is 0.672 bits per heavy atom. The molecule has 1 saturated carbocycles. The van der Waals surface area contributed by atoms with Crippen LogP contribution in [0.2, 0.25) is 0 Å². The summed E-state index contributed by atoms with van der Waals surface area (Å²) in [6.07, 6.45) is 4.70. The summed E-state index contributed by atoms with van der Waals surface area (Å²) in [5.74, 6) is 1.18. The second-order valence-corrected chi connectivity index (χ2v) is 20.2. The van der Waals surface area contributed by atoms with Crippen LogP contribution in [0.3, 0.4) is 0 Å². The Bertz CT molecular complexity index is 2850. The molecule has 61 heavy (non-hydrogen) atoms. The lowest BCUT2D eigenvalue weighted by molar-refractivity contribution is 0.158. The van der Waals surface area contributed by atoms with Crippen molar-refractivity contribution in [2.75, 3.05) is 0 Å². The average Bonchev–Trinajstić information content (AvgIpc) is 3.64. The largest absolute Gasteiger partial charge is 0.507 e. The first-order chi connectivity index (χ1) is 30.5. The zero-order valence-corrected chi connectivity index (χ0v) is 37.8. The topological polar surface area (TPSA) is 50.9 Å². The van der Waals surface area contributed by atoms with E-state index in [1.165, 1.54) is 5.56 Å². The quantitative estimate of drug-likeness (QED) is 0.166. The molecule has 0 bridgehead atoms. The standard InChI is InChI=1S/C57H65N3O/c1-35(2)41-28-42(36(3)4)30-43(29-41)39-21-24-51(37(5)27-39)60-52-17-14-16-48(54(52)59-55(60)49-15-12-13-18-53(49)61)44-31-45(33-47(32-44)57(9,10)11)50-34-40(25-26-58-50)38-19-22-46(23-20-38)56(6,7)8/h12-27,31-36,41-43,61H,28-30H2,1-11H3/i5D3,35D. The van der Waals surface area contributed by atoms with Gasteiger partial charge in [-0.3, -0.25) is 9.55 Å². The van der Waals surface area contributed by atoms with Gasteiger partial charge in [0.15, 0.2) is 0 Å². The number of nitrogens with zero attached hydrogens (tertiary/aromatic N) is 3. The number of hydrogen-bond donors (Lipinski definition) is 1. The first-order valence-corrected chi connectivity index (χ1v) is 22.2. The van der Waals surface area contributed by atoms with Crippen LogP contribution in [0, 0.1) is 30.5 Å². The van der Waals surface area contributed by atoms with E-state index < -0.39 is 12.7 Å². The molecule has 5 aromatic carbocycles. The van der Waals surface area contributed by atoms with Crippen LogP contribution in [0.4, 0.5) is 0 Å². The number of para-hydroxylation sites is 2. The van der Waals surface area contributed by atoms with Crippen LogP contribution in [-0.4, -0.2) is 19.6 Å². The summed E-state index contributed by atoms with van der Waals surface area (Å²) in [4.78, 5) is 10.3. The molecule has 314 valence electrons. The van der Waals surface area contributed by atoms with Crippen LogP contribution in [0.1, 0.15) is 122 Å². The van der Waals surface area contributed by atoms with Crippen molar-refractivity contribution in [3.8, 4) is 56.3 Å². The summed E-state index contributed by atoms with van der Waals surface area (Å²) in [5.41, 5.74) is 11.9. The fraction of sp³-hybridized carbons (Fsp3) is 0.368. The van der Waals surface area contributed by atoms with Crippen molar-refractivity contribution in [1.82, 2.24) is 14.5 Å². The summed E-state index contributed by atoms with van der Waals surface area (Å²) in [5, 5.41) is 11.4. The molecule has 2 heterocycles. The Balaban J connectivity index is 1.31. The van der Waals surface area contributed by atoms with E-state index in [0.29, 0.717) is 34.4 Å². The molecule has 0 amide bonds. The molecule has 1 N–H and O–H groups in total. The molecule has 0 aliphatic heterocycles. The highest BCUT2D eigenvalue weighted by atomic mass is 16.3. The van der Waals surface area contributed by atoms with Crippen molar-refractivity contribution >= 4 is 11.0 Å². The number of benzene rings is 5. The van der Waals surface area contributed by atoms with Crippen molar-refractivity contribution in [3.05, 3.63) is 144 Å². The molecule has 0 radical (unpaired) electrons. The van der Waals surface area contributed by atoms with E-state index in [1.54, 1.807) is 12.1 Å². The number of fused-ring (bicyclic) bond motifs is 1. The van der Waals surface area contributed by atoms with Gasteiger partial charge in [0.1, 0.15) is 11.6 Å². The van der Waals surface area contributed by atoms with Gasteiger partial charge in [0.25, 0.3) is 0 Å². The first kappa shape index (κ1) is 37.3. The molecule has 4 nitrogen and oxygen atoms in total. The predicted molar refractivity (Wildman–Crippen MR) is 258 cm³/mol. The Morgan fingerprint density at radius 2 is 1.38 bits per heavy atom. The van der Waals surface area contributed by atoms with Gasteiger partial charge in [-0.15, -0.1) is 0 Å². The van der Waals surface area contributed by atoms with Crippen LogP contribution in [0.15, 0.2) is 121 Å². The maximum atomic E-state index is 11.4. The third-order valence-electron chi connectivity index (χ3n) is 13.3. The van der Waals surface area contributed by atoms with Crippen LogP contribution in [0.25, 0.3) is 61.6 Å². The number of aryl methyl sites for hydroxylation is 1. The van der Waals surface area contributed by atoms with E-state index >= 15 is 0 Å². The van der Waals surface area contributed by atoms with Gasteiger partial charge >= 0.3 is 0 Å². The van der Waals surface area contributed by atoms with E-state index in [9.17, 15) is 5.11 Å². The van der Waals surface area contributed by atoms with Gasteiger partial charge in [-0.25, -0.2) is 4.98 Å². The lowest BCUT2D eigenvalue weighted by atomic mass is 9.66. The highest BCUT2D eigenvalue weighted by Gasteiger charge is 2.33. The van der Waals surface area contributed by atoms with Crippen molar-refractivity contribution < 1.29 is 10.6 Å². The molecule has 7 aromatic rings. The van der Waals surface area contributed by atoms with Crippen molar-refractivity contribution in [1.29, 1.82) is 0 Å². The van der Waals surface area contributed by atoms with Gasteiger partial charge in [-0.05, 0) is 154 Å². The maximum Gasteiger partial charge on any atom is 0.149 e. The molecule has 2 aromatic heterocycles. The number of phenolic OH excluding ortho intramolecular Hbond substituents is 1. The van der Waals surface area contributed by atoms with E-state index in [4.69, 9.17) is 15.5 Å². The SMILES string of the molecule is [2H]C([2H])([2H])c1cc(C2CC(C(C)C)CC(C([2H])(C)C)C2)ccc1-n1c(-c2ccccc2O)nc2c(-c3cc(-c4cc(-c5ccc(C(C)(C)C)cc5)ccn4)cc(C(C)(C)C)c3)cccc21. The minimum Gasteiger partial charge on any atom is -0.507 e. The molecule has 0 spiro atoms. The van der Waals surface area contributed by atoms with Crippen molar-refractivity contribution in [2.45, 2.75) is 112 Å². The van der Waals surface area contributed by atoms with Crippen LogP contribution >= 0.6 is 0 Å². The Labute approximate surface area is 370 Å². The smallest absolute Gasteiger partial charge is 0.149 e. The number of aromatic nitrogens is 3. The Hall–Kier alpha value is -5.48. The van der Waals surface area contributed by atoms with Gasteiger partial charge in [0.05, 0.1) is 28.0 Å². The number of aromatic hydroxyl groups is 1. The van der Waals surface area contributed by atoms with Crippen LogP contribution in [0.5, 0.6) is 5.75 Å². The third kappa shape index (κ3) is 8.56. The van der Waals surface area contributed by atoms with Gasteiger partial charge in [0.2, 0.25) is 0 Å². The highest BCUT2D eigenvalue weighted by Crippen LogP contribution is 2.46. The Kier molecular flexibility index (Phi) is 10.0. The molecule has 1 fully saturated rings. The van der Waals surface area contributed by atoms with Gasteiger partial charge in [0, 0.05) is 22.8 Å². The van der Waals surface area contributed by atoms with Gasteiger partial charge in [-0.1, -0.05) is 136 Å². The summed E-state index contributed by atoms with van der Waals surface area (Å²) in [6, 6.07) is 38.8. The molecular formula is C57H65N3O. The van der Waals surface area contributed by atoms with Crippen molar-refractivity contribution in [3.63, 3.8) is 0 Å². The monoisotopic (exact) mass is 812 g/mol.